The van der Waals surface area contributed by atoms with Gasteiger partial charge in [-0.05, 0) is 120 Å². The maximum Gasteiger partial charge on any atom is 0.164 e. The Hall–Kier alpha value is -12.1. The van der Waals surface area contributed by atoms with E-state index in [-0.39, 0.29) is 0 Å². The molecule has 0 saturated heterocycles. The van der Waals surface area contributed by atoms with Gasteiger partial charge in [-0.15, -0.1) is 0 Å². The zero-order valence-corrected chi connectivity index (χ0v) is 49.9. The van der Waals surface area contributed by atoms with Crippen LogP contribution in [0, 0.1) is 0 Å². The first kappa shape index (κ1) is 55.5. The second kappa shape index (κ2) is 25.3. The molecule has 0 saturated carbocycles. The molecule has 91 heavy (non-hydrogen) atoms. The van der Waals surface area contributed by atoms with Crippen molar-refractivity contribution in [3.63, 3.8) is 0 Å². The molecule has 0 bridgehead atoms. The lowest BCUT2D eigenvalue weighted by atomic mass is 9.89. The van der Waals surface area contributed by atoms with Crippen molar-refractivity contribution in [3.05, 3.63) is 364 Å². The summed E-state index contributed by atoms with van der Waals surface area (Å²) in [7, 11) is 0. The van der Waals surface area contributed by atoms with Gasteiger partial charge in [0, 0.05) is 38.9 Å². The highest BCUT2D eigenvalue weighted by Crippen LogP contribution is 2.54. The quantitative estimate of drug-likeness (QED) is 0.103. The van der Waals surface area contributed by atoms with Crippen LogP contribution in [0.4, 0.5) is 17.1 Å². The van der Waals surface area contributed by atoms with E-state index >= 15 is 0 Å². The van der Waals surface area contributed by atoms with Gasteiger partial charge in [-0.25, -0.2) is 15.0 Å². The summed E-state index contributed by atoms with van der Waals surface area (Å²) in [6, 6.07) is 130. The number of hydrogen-bond donors (Lipinski definition) is 0. The van der Waals surface area contributed by atoms with Gasteiger partial charge in [0.2, 0.25) is 0 Å². The molecule has 0 spiro atoms. The first-order valence-electron chi connectivity index (χ1n) is 30.9. The smallest absolute Gasteiger partial charge is 0.164 e. The van der Waals surface area contributed by atoms with Crippen molar-refractivity contribution in [2.45, 2.75) is 0 Å². The summed E-state index contributed by atoms with van der Waals surface area (Å²) in [5.74, 6) is 1.67. The molecule has 0 aliphatic heterocycles. The monoisotopic (exact) mass is 1160 g/mol. The van der Waals surface area contributed by atoms with Gasteiger partial charge in [-0.3, -0.25) is 0 Å². The van der Waals surface area contributed by atoms with Crippen LogP contribution in [0.15, 0.2) is 364 Å². The van der Waals surface area contributed by atoms with Crippen molar-refractivity contribution in [1.29, 1.82) is 0 Å². The van der Waals surface area contributed by atoms with Crippen LogP contribution >= 0.6 is 0 Å². The number of hydrogen-bond acceptors (Lipinski definition) is 4. The maximum absolute atomic E-state index is 5.66. The van der Waals surface area contributed by atoms with Crippen LogP contribution in [0.5, 0.6) is 0 Å². The van der Waals surface area contributed by atoms with Gasteiger partial charge < -0.3 is 4.90 Å². The predicted molar refractivity (Wildman–Crippen MR) is 380 cm³/mol. The molecule has 0 aliphatic rings. The summed E-state index contributed by atoms with van der Waals surface area (Å²) < 4.78 is 0. The van der Waals surface area contributed by atoms with E-state index in [1.54, 1.807) is 0 Å². The minimum Gasteiger partial charge on any atom is -0.308 e. The average molecular weight is 1160 g/mol. The summed E-state index contributed by atoms with van der Waals surface area (Å²) in [5.41, 5.74) is 24.9. The van der Waals surface area contributed by atoms with Gasteiger partial charge in [0.25, 0.3) is 0 Å². The molecule has 1 heterocycles. The molecule has 4 nitrogen and oxygen atoms in total. The third-order valence-electron chi connectivity index (χ3n) is 16.9. The Bertz CT molecular complexity index is 4730. The summed E-state index contributed by atoms with van der Waals surface area (Å²) in [4.78, 5) is 19.3. The van der Waals surface area contributed by atoms with Crippen LogP contribution in [-0.2, 0) is 0 Å². The van der Waals surface area contributed by atoms with Crippen LogP contribution in [0.3, 0.4) is 0 Å². The van der Waals surface area contributed by atoms with E-state index in [4.69, 9.17) is 15.0 Å². The van der Waals surface area contributed by atoms with Crippen molar-refractivity contribution in [3.8, 4) is 134 Å². The SMILES string of the molecule is c1ccc(-c2ccc(-c3nc(-c4cc(-c5ccccc5)cc(-c5ccccc5)c4)nc(-c4cc(-c5ccccc5)c(N(c5cc(-c6ccccc6)ccc5-c5ccccc5)c5cc(-c6ccccc6)ccc5-c5ccccc5)c(-c5ccccc5)c4)n3)cc2)cc1. The fourth-order valence-corrected chi connectivity index (χ4v) is 12.4. The van der Waals surface area contributed by atoms with E-state index in [0.717, 1.165) is 134 Å². The van der Waals surface area contributed by atoms with E-state index in [2.05, 4.69) is 369 Å². The maximum atomic E-state index is 5.66. The Labute approximate surface area is 532 Å². The van der Waals surface area contributed by atoms with Crippen molar-refractivity contribution in [1.82, 2.24) is 15.0 Å². The molecule has 0 unspecified atom stereocenters. The Kier molecular flexibility index (Phi) is 15.4. The fraction of sp³-hybridized carbons (Fsp3) is 0. The molecule has 428 valence electrons. The zero-order chi connectivity index (χ0) is 60.7. The van der Waals surface area contributed by atoms with E-state index in [1.807, 2.05) is 0 Å². The first-order chi connectivity index (χ1) is 45.1. The zero-order valence-electron chi connectivity index (χ0n) is 49.9. The molecule has 0 aliphatic carbocycles. The van der Waals surface area contributed by atoms with Gasteiger partial charge in [0.1, 0.15) is 0 Å². The van der Waals surface area contributed by atoms with Crippen molar-refractivity contribution in [2.75, 3.05) is 4.90 Å². The Balaban J connectivity index is 1.05. The van der Waals surface area contributed by atoms with Crippen LogP contribution < -0.4 is 4.90 Å². The standard InChI is InChI=1S/C87H60N4/c1-10-28-61(29-11-1)66-46-48-71(49-47-66)85-88-86(76-55-74(64-34-16-4-17-35-64)54-75(56-76)65-36-18-5-19-37-65)90-87(89-85)77-57-80(69-42-24-8-25-43-69)84(81(58-77)70-44-26-9-27-45-70)91(82-59-72(62-30-12-2-13-31-62)50-52-78(82)67-38-20-6-21-39-67)83-60-73(63-32-14-3-15-33-63)51-53-79(83)68-40-22-7-23-41-68/h1-60H. The minimum atomic E-state index is 0.540. The average Bonchev–Trinajstić information content (AvgIpc) is 0.780. The number of benzene rings is 14. The topological polar surface area (TPSA) is 41.9 Å². The van der Waals surface area contributed by atoms with Gasteiger partial charge in [0.05, 0.1) is 17.1 Å². The highest BCUT2D eigenvalue weighted by atomic mass is 15.2. The lowest BCUT2D eigenvalue weighted by Gasteiger charge is -2.34. The molecule has 0 radical (unpaired) electrons. The molecule has 4 heteroatoms. The summed E-state index contributed by atoms with van der Waals surface area (Å²) in [6.07, 6.45) is 0. The molecular weight excluding hydrogens is 1100 g/mol. The van der Waals surface area contributed by atoms with Crippen molar-refractivity contribution in [2.24, 2.45) is 0 Å². The highest BCUT2D eigenvalue weighted by Gasteiger charge is 2.29. The summed E-state index contributed by atoms with van der Waals surface area (Å²) in [5, 5.41) is 0. The number of anilines is 3. The molecule has 0 atom stereocenters. The molecular formula is C87H60N4. The van der Waals surface area contributed by atoms with E-state index in [1.165, 1.54) is 0 Å². The molecule has 15 rings (SSSR count). The largest absolute Gasteiger partial charge is 0.308 e. The van der Waals surface area contributed by atoms with Crippen LogP contribution in [0.25, 0.3) is 134 Å². The second-order valence-electron chi connectivity index (χ2n) is 22.7. The molecule has 14 aromatic carbocycles. The Morgan fingerprint density at radius 1 is 0.154 bits per heavy atom. The predicted octanol–water partition coefficient (Wildman–Crippen LogP) is 23.3. The molecule has 1 aromatic heterocycles. The van der Waals surface area contributed by atoms with Gasteiger partial charge in [0.15, 0.2) is 17.5 Å². The van der Waals surface area contributed by atoms with Crippen molar-refractivity contribution >= 4 is 17.1 Å². The highest BCUT2D eigenvalue weighted by molar-refractivity contribution is 6.05. The normalized spacial score (nSPS) is 11.1. The first-order valence-corrected chi connectivity index (χ1v) is 30.9. The van der Waals surface area contributed by atoms with Crippen LogP contribution in [0.1, 0.15) is 0 Å². The fourth-order valence-electron chi connectivity index (χ4n) is 12.4. The van der Waals surface area contributed by atoms with E-state index in [9.17, 15) is 0 Å². The van der Waals surface area contributed by atoms with Crippen LogP contribution in [-0.4, -0.2) is 15.0 Å². The Morgan fingerprint density at radius 2 is 0.385 bits per heavy atom. The second-order valence-corrected chi connectivity index (χ2v) is 22.7. The number of nitrogens with zero attached hydrogens (tertiary/aromatic N) is 4. The third kappa shape index (κ3) is 11.7. The third-order valence-corrected chi connectivity index (χ3v) is 16.9. The van der Waals surface area contributed by atoms with Gasteiger partial charge in [-0.2, -0.15) is 0 Å². The van der Waals surface area contributed by atoms with E-state index < -0.39 is 0 Å². The van der Waals surface area contributed by atoms with Crippen molar-refractivity contribution < 1.29 is 0 Å². The minimum absolute atomic E-state index is 0.540. The van der Waals surface area contributed by atoms with E-state index in [0.29, 0.717) is 17.5 Å². The lowest BCUT2D eigenvalue weighted by Crippen LogP contribution is -2.16. The summed E-state index contributed by atoms with van der Waals surface area (Å²) >= 11 is 0. The number of aromatic nitrogens is 3. The molecule has 0 fully saturated rings. The Morgan fingerprint density at radius 3 is 0.725 bits per heavy atom. The van der Waals surface area contributed by atoms with Gasteiger partial charge >= 0.3 is 0 Å². The molecule has 0 amide bonds. The lowest BCUT2D eigenvalue weighted by molar-refractivity contribution is 1.07. The van der Waals surface area contributed by atoms with Crippen LogP contribution in [0.2, 0.25) is 0 Å². The molecule has 15 aromatic rings. The number of rotatable bonds is 15. The van der Waals surface area contributed by atoms with Gasteiger partial charge in [-0.1, -0.05) is 322 Å². The molecule has 0 N–H and O–H groups in total. The summed E-state index contributed by atoms with van der Waals surface area (Å²) in [6.45, 7) is 0.